The van der Waals surface area contributed by atoms with E-state index in [0.717, 1.165) is 50.2 Å². The highest BCUT2D eigenvalue weighted by Crippen LogP contribution is 2.41. The van der Waals surface area contributed by atoms with Gasteiger partial charge in [-0.15, -0.1) is 0 Å². The zero-order valence-electron chi connectivity index (χ0n) is 18.2. The number of hydrogen-bond donors (Lipinski definition) is 1. The van der Waals surface area contributed by atoms with Crippen LogP contribution in [0.15, 0.2) is 42.7 Å². The van der Waals surface area contributed by atoms with E-state index < -0.39 is 0 Å². The smallest absolute Gasteiger partial charge is 0.251 e. The number of benzene rings is 1. The number of carbonyl (C=O) groups excluding carboxylic acids is 2. The molecule has 1 spiro atoms. The molecule has 4 heterocycles. The molecular formula is C25H29N3O4. The summed E-state index contributed by atoms with van der Waals surface area (Å²) in [6.07, 6.45) is 7.51. The van der Waals surface area contributed by atoms with Crippen molar-refractivity contribution in [3.63, 3.8) is 0 Å². The van der Waals surface area contributed by atoms with Gasteiger partial charge < -0.3 is 19.7 Å². The second-order valence-electron chi connectivity index (χ2n) is 9.00. The van der Waals surface area contributed by atoms with Crippen molar-refractivity contribution in [1.82, 2.24) is 15.2 Å². The predicted octanol–water partition coefficient (Wildman–Crippen LogP) is 2.39. The minimum Gasteiger partial charge on any atom is -0.493 e. The number of nitrogens with zero attached hydrogens (tertiary/aromatic N) is 2. The van der Waals surface area contributed by atoms with Gasteiger partial charge in [-0.1, -0.05) is 12.1 Å². The van der Waals surface area contributed by atoms with Gasteiger partial charge >= 0.3 is 0 Å². The fourth-order valence-corrected chi connectivity index (χ4v) is 5.09. The standard InChI is InChI=1S/C25H29N3O4/c29-23(15-18-3-4-22-20(14-18)2-1-12-31-22)28-16-25(17-28)21(8-13-32-25)7-11-27-24(30)19-5-9-26-10-6-19/h3-6,9-10,14,21H,1-2,7-8,11-13,15-17H2,(H,27,30). The number of pyridine rings is 1. The molecule has 1 unspecified atom stereocenters. The molecule has 1 atom stereocenters. The first-order valence-corrected chi connectivity index (χ1v) is 11.5. The monoisotopic (exact) mass is 435 g/mol. The maximum Gasteiger partial charge on any atom is 0.251 e. The van der Waals surface area contributed by atoms with Crippen molar-refractivity contribution in [2.45, 2.75) is 37.7 Å². The Labute approximate surface area is 188 Å². The van der Waals surface area contributed by atoms with Crippen molar-refractivity contribution >= 4 is 11.8 Å². The summed E-state index contributed by atoms with van der Waals surface area (Å²) in [4.78, 5) is 30.9. The van der Waals surface area contributed by atoms with Crippen LogP contribution in [0, 0.1) is 5.92 Å². The topological polar surface area (TPSA) is 80.8 Å². The van der Waals surface area contributed by atoms with Gasteiger partial charge in [0.2, 0.25) is 5.91 Å². The van der Waals surface area contributed by atoms with E-state index in [1.165, 1.54) is 5.56 Å². The molecule has 0 aliphatic carbocycles. The van der Waals surface area contributed by atoms with Gasteiger partial charge in [-0.2, -0.15) is 0 Å². The molecule has 0 bridgehead atoms. The quantitative estimate of drug-likeness (QED) is 0.754. The molecule has 1 aromatic heterocycles. The van der Waals surface area contributed by atoms with Crippen LogP contribution in [0.5, 0.6) is 5.75 Å². The number of nitrogens with one attached hydrogen (secondary N) is 1. The van der Waals surface area contributed by atoms with Crippen molar-refractivity contribution in [2.24, 2.45) is 5.92 Å². The Bertz CT molecular complexity index is 988. The zero-order chi connectivity index (χ0) is 22.0. The molecule has 7 nitrogen and oxygen atoms in total. The van der Waals surface area contributed by atoms with E-state index in [1.807, 2.05) is 17.0 Å². The predicted molar refractivity (Wildman–Crippen MR) is 119 cm³/mol. The number of aromatic nitrogens is 1. The van der Waals surface area contributed by atoms with E-state index in [2.05, 4.69) is 16.4 Å². The van der Waals surface area contributed by atoms with Crippen LogP contribution in [0.2, 0.25) is 0 Å². The highest BCUT2D eigenvalue weighted by Gasteiger charge is 2.53. The summed E-state index contributed by atoms with van der Waals surface area (Å²) < 4.78 is 11.8. The maximum absolute atomic E-state index is 12.8. The van der Waals surface area contributed by atoms with Gasteiger partial charge in [-0.25, -0.2) is 0 Å². The van der Waals surface area contributed by atoms with E-state index in [1.54, 1.807) is 24.5 Å². The fourth-order valence-electron chi connectivity index (χ4n) is 5.09. The largest absolute Gasteiger partial charge is 0.493 e. The molecule has 32 heavy (non-hydrogen) atoms. The Morgan fingerprint density at radius 2 is 2.00 bits per heavy atom. The number of likely N-dealkylation sites (tertiary alicyclic amines) is 1. The third-order valence-electron chi connectivity index (χ3n) is 6.92. The Hall–Kier alpha value is -2.93. The summed E-state index contributed by atoms with van der Waals surface area (Å²) in [6.45, 7) is 3.37. The minimum atomic E-state index is -0.249. The molecule has 2 aromatic rings. The number of hydrogen-bond acceptors (Lipinski definition) is 5. The average Bonchev–Trinajstić information content (AvgIpc) is 3.22. The Kier molecular flexibility index (Phi) is 5.83. The molecule has 2 amide bonds. The Morgan fingerprint density at radius 3 is 2.84 bits per heavy atom. The van der Waals surface area contributed by atoms with E-state index in [-0.39, 0.29) is 17.4 Å². The molecule has 1 N–H and O–H groups in total. The van der Waals surface area contributed by atoms with Crippen LogP contribution in [0.3, 0.4) is 0 Å². The fraction of sp³-hybridized carbons (Fsp3) is 0.480. The lowest BCUT2D eigenvalue weighted by Gasteiger charge is -2.50. The van der Waals surface area contributed by atoms with Crippen LogP contribution in [0.4, 0.5) is 0 Å². The summed E-state index contributed by atoms with van der Waals surface area (Å²) in [6, 6.07) is 9.52. The summed E-state index contributed by atoms with van der Waals surface area (Å²) in [7, 11) is 0. The second-order valence-corrected chi connectivity index (χ2v) is 9.00. The molecule has 0 saturated carbocycles. The van der Waals surface area contributed by atoms with Crippen molar-refractivity contribution < 1.29 is 19.1 Å². The van der Waals surface area contributed by atoms with E-state index in [4.69, 9.17) is 9.47 Å². The summed E-state index contributed by atoms with van der Waals surface area (Å²) in [5.74, 6) is 1.37. The van der Waals surface area contributed by atoms with E-state index in [0.29, 0.717) is 37.5 Å². The Balaban J connectivity index is 1.11. The highest BCUT2D eigenvalue weighted by molar-refractivity contribution is 5.93. The molecule has 7 heteroatoms. The van der Waals surface area contributed by atoms with Gasteiger partial charge in [0.15, 0.2) is 0 Å². The molecule has 0 radical (unpaired) electrons. The lowest BCUT2D eigenvalue weighted by atomic mass is 9.78. The van der Waals surface area contributed by atoms with Crippen LogP contribution < -0.4 is 10.1 Å². The van der Waals surface area contributed by atoms with Crippen LogP contribution in [-0.2, 0) is 22.4 Å². The number of carbonyl (C=O) groups is 2. The molecule has 2 fully saturated rings. The van der Waals surface area contributed by atoms with Crippen molar-refractivity contribution in [3.8, 4) is 5.75 Å². The van der Waals surface area contributed by atoms with Gasteiger partial charge in [0.05, 0.1) is 26.1 Å². The Morgan fingerprint density at radius 1 is 1.16 bits per heavy atom. The van der Waals surface area contributed by atoms with Gasteiger partial charge in [0, 0.05) is 31.1 Å². The van der Waals surface area contributed by atoms with Crippen molar-refractivity contribution in [1.29, 1.82) is 0 Å². The third-order valence-corrected chi connectivity index (χ3v) is 6.92. The van der Waals surface area contributed by atoms with E-state index in [9.17, 15) is 9.59 Å². The number of aryl methyl sites for hydroxylation is 1. The summed E-state index contributed by atoms with van der Waals surface area (Å²) in [5.41, 5.74) is 2.62. The average molecular weight is 436 g/mol. The summed E-state index contributed by atoms with van der Waals surface area (Å²) in [5, 5.41) is 2.99. The second kappa shape index (κ2) is 8.90. The maximum atomic E-state index is 12.8. The number of amides is 2. The van der Waals surface area contributed by atoms with Crippen LogP contribution in [0.1, 0.15) is 40.7 Å². The number of rotatable bonds is 6. The lowest BCUT2D eigenvalue weighted by molar-refractivity contribution is -0.164. The zero-order valence-corrected chi connectivity index (χ0v) is 18.2. The molecule has 3 aliphatic heterocycles. The molecule has 3 aliphatic rings. The minimum absolute atomic E-state index is 0.0822. The SMILES string of the molecule is O=C(NCCC1CCOC12CN(C(=O)Cc1ccc3c(c1)CCCO3)C2)c1ccncc1. The molecule has 1 aromatic carbocycles. The first-order chi connectivity index (χ1) is 15.6. The first kappa shape index (κ1) is 20.9. The number of fused-ring (bicyclic) bond motifs is 1. The lowest BCUT2D eigenvalue weighted by Crippen LogP contribution is -2.66. The van der Waals surface area contributed by atoms with E-state index >= 15 is 0 Å². The van der Waals surface area contributed by atoms with Crippen molar-refractivity contribution in [3.05, 3.63) is 59.4 Å². The number of ether oxygens (including phenoxy) is 2. The molecule has 5 rings (SSSR count). The van der Waals surface area contributed by atoms with Crippen LogP contribution >= 0.6 is 0 Å². The summed E-state index contributed by atoms with van der Waals surface area (Å²) >= 11 is 0. The third kappa shape index (κ3) is 4.21. The molecular weight excluding hydrogens is 406 g/mol. The highest BCUT2D eigenvalue weighted by atomic mass is 16.5. The van der Waals surface area contributed by atoms with Crippen molar-refractivity contribution in [2.75, 3.05) is 32.8 Å². The normalized spacial score (nSPS) is 20.9. The van der Waals surface area contributed by atoms with Gasteiger partial charge in [-0.05, 0) is 60.9 Å². The van der Waals surface area contributed by atoms with Gasteiger partial charge in [0.1, 0.15) is 11.4 Å². The van der Waals surface area contributed by atoms with Crippen LogP contribution in [0.25, 0.3) is 0 Å². The van der Waals surface area contributed by atoms with Gasteiger partial charge in [-0.3, -0.25) is 14.6 Å². The first-order valence-electron chi connectivity index (χ1n) is 11.5. The molecule has 168 valence electrons. The van der Waals surface area contributed by atoms with Crippen LogP contribution in [-0.4, -0.2) is 60.1 Å². The molecule has 2 saturated heterocycles. The van der Waals surface area contributed by atoms with Gasteiger partial charge in [0.25, 0.3) is 5.91 Å².